The molecule has 1 saturated carbocycles. The lowest BCUT2D eigenvalue weighted by Gasteiger charge is -2.23. The molecule has 0 heterocycles. The molecule has 5 nitrogen and oxygen atoms in total. The number of benzene rings is 2. The van der Waals surface area contributed by atoms with Crippen LogP contribution >= 0.6 is 0 Å². The van der Waals surface area contributed by atoms with Gasteiger partial charge in [-0.2, -0.15) is 0 Å². The molecule has 2 amide bonds. The van der Waals surface area contributed by atoms with E-state index in [4.69, 9.17) is 4.74 Å². The van der Waals surface area contributed by atoms with Gasteiger partial charge in [0.15, 0.2) is 0 Å². The van der Waals surface area contributed by atoms with Crippen molar-refractivity contribution >= 4 is 23.2 Å². The van der Waals surface area contributed by atoms with Gasteiger partial charge in [-0.1, -0.05) is 24.3 Å². The number of aryl methyl sites for hydroxylation is 1. The molecule has 3 rings (SSSR count). The Morgan fingerprint density at radius 2 is 1.80 bits per heavy atom. The van der Waals surface area contributed by atoms with E-state index in [1.54, 1.807) is 19.1 Å². The number of carbonyl (C=O) groups is 2. The minimum Gasteiger partial charge on any atom is -0.495 e. The summed E-state index contributed by atoms with van der Waals surface area (Å²) in [5.74, 6) is 0.130. The third-order valence-electron chi connectivity index (χ3n) is 4.65. The third kappa shape index (κ3) is 3.22. The van der Waals surface area contributed by atoms with Crippen LogP contribution in [0.15, 0.2) is 48.5 Å². The molecule has 0 unspecified atom stereocenters. The first kappa shape index (κ1) is 17.0. The van der Waals surface area contributed by atoms with Crippen LogP contribution in [0.3, 0.4) is 0 Å². The van der Waals surface area contributed by atoms with E-state index in [0.717, 1.165) is 11.3 Å². The van der Waals surface area contributed by atoms with Crippen molar-refractivity contribution in [1.29, 1.82) is 0 Å². The van der Waals surface area contributed by atoms with Crippen LogP contribution in [0.4, 0.5) is 11.4 Å². The van der Waals surface area contributed by atoms with Gasteiger partial charge in [0, 0.05) is 12.7 Å². The molecule has 0 saturated heterocycles. The van der Waals surface area contributed by atoms with Crippen molar-refractivity contribution in [2.45, 2.75) is 19.8 Å². The Kier molecular flexibility index (Phi) is 4.49. The summed E-state index contributed by atoms with van der Waals surface area (Å²) < 4.78 is 5.30. The van der Waals surface area contributed by atoms with E-state index in [-0.39, 0.29) is 11.8 Å². The van der Waals surface area contributed by atoms with Gasteiger partial charge in [-0.15, -0.1) is 0 Å². The summed E-state index contributed by atoms with van der Waals surface area (Å²) in [5.41, 5.74) is 1.39. The van der Waals surface area contributed by atoms with E-state index in [0.29, 0.717) is 24.3 Å². The summed E-state index contributed by atoms with van der Waals surface area (Å²) in [6.07, 6.45) is 1.12. The smallest absolute Gasteiger partial charge is 0.242 e. The highest BCUT2D eigenvalue weighted by Gasteiger charge is 2.57. The minimum absolute atomic E-state index is 0.178. The second kappa shape index (κ2) is 6.59. The van der Waals surface area contributed by atoms with E-state index < -0.39 is 5.41 Å². The highest BCUT2D eigenvalue weighted by Crippen LogP contribution is 2.49. The van der Waals surface area contributed by atoms with Gasteiger partial charge in [0.25, 0.3) is 0 Å². The molecule has 0 aromatic heterocycles. The number of rotatable bonds is 5. The number of para-hydroxylation sites is 1. The number of carbonyl (C=O) groups excluding carboxylic acids is 2. The molecule has 0 atom stereocenters. The summed E-state index contributed by atoms with van der Waals surface area (Å²) in [6.45, 7) is 1.94. The molecule has 0 bridgehead atoms. The summed E-state index contributed by atoms with van der Waals surface area (Å²) in [7, 11) is 3.26. The number of methoxy groups -OCH3 is 1. The van der Waals surface area contributed by atoms with Crippen molar-refractivity contribution in [2.75, 3.05) is 24.4 Å². The van der Waals surface area contributed by atoms with Crippen molar-refractivity contribution in [2.24, 2.45) is 5.41 Å². The Hall–Kier alpha value is -2.82. The van der Waals surface area contributed by atoms with Crippen LogP contribution in [-0.4, -0.2) is 26.0 Å². The first-order chi connectivity index (χ1) is 12.0. The molecule has 25 heavy (non-hydrogen) atoms. The molecule has 5 heteroatoms. The van der Waals surface area contributed by atoms with Gasteiger partial charge in [-0.05, 0) is 49.6 Å². The minimum atomic E-state index is -0.987. The van der Waals surface area contributed by atoms with Gasteiger partial charge in [0.2, 0.25) is 11.8 Å². The molecular weight excluding hydrogens is 316 g/mol. The van der Waals surface area contributed by atoms with E-state index in [1.807, 2.05) is 55.5 Å². The fourth-order valence-corrected chi connectivity index (χ4v) is 2.91. The van der Waals surface area contributed by atoms with E-state index in [1.165, 1.54) is 0 Å². The molecule has 1 aliphatic carbocycles. The predicted molar refractivity (Wildman–Crippen MR) is 97.9 cm³/mol. The zero-order valence-electron chi connectivity index (χ0n) is 14.7. The van der Waals surface area contributed by atoms with Gasteiger partial charge in [0.1, 0.15) is 11.2 Å². The van der Waals surface area contributed by atoms with Crippen LogP contribution in [0, 0.1) is 12.3 Å². The van der Waals surface area contributed by atoms with Gasteiger partial charge in [-0.3, -0.25) is 9.59 Å². The number of ether oxygens (including phenoxy) is 1. The predicted octanol–water partition coefficient (Wildman–Crippen LogP) is 3.39. The highest BCUT2D eigenvalue weighted by molar-refractivity contribution is 6.17. The van der Waals surface area contributed by atoms with Gasteiger partial charge < -0.3 is 15.0 Å². The fraction of sp³-hybridized carbons (Fsp3) is 0.300. The Morgan fingerprint density at radius 3 is 2.40 bits per heavy atom. The Bertz CT molecular complexity index is 798. The standard InChI is InChI=1S/C20H22N2O3/c1-14-9-10-17(25-3)16(13-14)21-18(23)20(11-12-20)19(24)22(2)15-7-5-4-6-8-15/h4-10,13H,11-12H2,1-3H3,(H,21,23). The molecule has 2 aromatic rings. The molecule has 130 valence electrons. The zero-order valence-corrected chi connectivity index (χ0v) is 14.7. The highest BCUT2D eigenvalue weighted by atomic mass is 16.5. The number of hydrogen-bond acceptors (Lipinski definition) is 3. The quantitative estimate of drug-likeness (QED) is 0.850. The molecule has 0 spiro atoms. The Balaban J connectivity index is 1.80. The second-order valence-corrected chi connectivity index (χ2v) is 6.44. The summed E-state index contributed by atoms with van der Waals surface area (Å²) >= 11 is 0. The first-order valence-corrected chi connectivity index (χ1v) is 8.27. The topological polar surface area (TPSA) is 58.6 Å². The molecule has 1 fully saturated rings. The van der Waals surface area contributed by atoms with Gasteiger partial charge >= 0.3 is 0 Å². The first-order valence-electron chi connectivity index (χ1n) is 8.27. The van der Waals surface area contributed by atoms with Crippen molar-refractivity contribution < 1.29 is 14.3 Å². The zero-order chi connectivity index (χ0) is 18.0. The van der Waals surface area contributed by atoms with Crippen LogP contribution in [0.5, 0.6) is 5.75 Å². The Labute approximate surface area is 147 Å². The van der Waals surface area contributed by atoms with Crippen LogP contribution < -0.4 is 15.0 Å². The van der Waals surface area contributed by atoms with Crippen LogP contribution in [0.2, 0.25) is 0 Å². The summed E-state index contributed by atoms with van der Waals surface area (Å²) in [5, 5.41) is 2.88. The SMILES string of the molecule is COc1ccc(C)cc1NC(=O)C1(C(=O)N(C)c2ccccc2)CC1. The summed E-state index contributed by atoms with van der Waals surface area (Å²) in [6, 6.07) is 14.9. The van der Waals surface area contributed by atoms with Crippen molar-refractivity contribution in [1.82, 2.24) is 0 Å². The Morgan fingerprint density at radius 1 is 1.12 bits per heavy atom. The summed E-state index contributed by atoms with van der Waals surface area (Å²) in [4.78, 5) is 27.3. The number of hydrogen-bond donors (Lipinski definition) is 1. The molecular formula is C20H22N2O3. The lowest BCUT2D eigenvalue weighted by molar-refractivity contribution is -0.132. The molecule has 2 aromatic carbocycles. The molecule has 0 radical (unpaired) electrons. The number of anilines is 2. The second-order valence-electron chi connectivity index (χ2n) is 6.44. The molecule has 1 aliphatic rings. The van der Waals surface area contributed by atoms with E-state index >= 15 is 0 Å². The normalized spacial score (nSPS) is 14.5. The molecule has 0 aliphatic heterocycles. The molecule has 1 N–H and O–H groups in total. The number of nitrogens with zero attached hydrogens (tertiary/aromatic N) is 1. The van der Waals surface area contributed by atoms with Gasteiger partial charge in [0.05, 0.1) is 12.8 Å². The third-order valence-corrected chi connectivity index (χ3v) is 4.65. The van der Waals surface area contributed by atoms with Crippen LogP contribution in [0.25, 0.3) is 0 Å². The average molecular weight is 338 g/mol. The van der Waals surface area contributed by atoms with Gasteiger partial charge in [-0.25, -0.2) is 0 Å². The van der Waals surface area contributed by atoms with Crippen molar-refractivity contribution in [3.8, 4) is 5.75 Å². The van der Waals surface area contributed by atoms with Crippen LogP contribution in [0.1, 0.15) is 18.4 Å². The monoisotopic (exact) mass is 338 g/mol. The van der Waals surface area contributed by atoms with E-state index in [2.05, 4.69) is 5.32 Å². The maximum absolute atomic E-state index is 12.9. The largest absolute Gasteiger partial charge is 0.495 e. The fourth-order valence-electron chi connectivity index (χ4n) is 2.91. The average Bonchev–Trinajstić information content (AvgIpc) is 3.43. The maximum Gasteiger partial charge on any atom is 0.242 e. The van der Waals surface area contributed by atoms with Crippen LogP contribution in [-0.2, 0) is 9.59 Å². The lowest BCUT2D eigenvalue weighted by Crippen LogP contribution is -2.41. The number of amides is 2. The lowest BCUT2D eigenvalue weighted by atomic mass is 10.0. The van der Waals surface area contributed by atoms with E-state index in [9.17, 15) is 9.59 Å². The van der Waals surface area contributed by atoms with Crippen molar-refractivity contribution in [3.63, 3.8) is 0 Å². The van der Waals surface area contributed by atoms with Crippen molar-refractivity contribution in [3.05, 3.63) is 54.1 Å². The maximum atomic E-state index is 12.9. The number of nitrogens with one attached hydrogen (secondary N) is 1.